The van der Waals surface area contributed by atoms with Crippen LogP contribution in [0.25, 0.3) is 0 Å². The third kappa shape index (κ3) is 4.88. The van der Waals surface area contributed by atoms with E-state index in [0.717, 1.165) is 42.6 Å². The number of hydrogen-bond acceptors (Lipinski definition) is 6. The van der Waals surface area contributed by atoms with E-state index >= 15 is 0 Å². The molecule has 1 aliphatic rings. The summed E-state index contributed by atoms with van der Waals surface area (Å²) >= 11 is 0. The molecule has 2 aromatic rings. The summed E-state index contributed by atoms with van der Waals surface area (Å²) < 4.78 is 0. The molecule has 2 atom stereocenters. The molecule has 0 saturated heterocycles. The third-order valence-electron chi connectivity index (χ3n) is 4.78. The lowest BCUT2D eigenvalue weighted by Crippen LogP contribution is -2.48. The van der Waals surface area contributed by atoms with Crippen LogP contribution in [0.4, 0.5) is 22.0 Å². The molecule has 8 nitrogen and oxygen atoms in total. The van der Waals surface area contributed by atoms with Gasteiger partial charge in [-0.25, -0.2) is 14.8 Å². The van der Waals surface area contributed by atoms with Crippen molar-refractivity contribution in [3.8, 4) is 6.07 Å². The molecule has 1 fully saturated rings. The van der Waals surface area contributed by atoms with Gasteiger partial charge in [-0.2, -0.15) is 5.26 Å². The van der Waals surface area contributed by atoms with Crippen molar-refractivity contribution in [3.05, 3.63) is 41.3 Å². The first-order chi connectivity index (χ1) is 13.4. The van der Waals surface area contributed by atoms with Crippen molar-refractivity contribution >= 4 is 23.3 Å². The summed E-state index contributed by atoms with van der Waals surface area (Å²) in [4.78, 5) is 19.7. The molecule has 2 aromatic heterocycles. The monoisotopic (exact) mass is 380 g/mol. The normalized spacial score (nSPS) is 18.8. The van der Waals surface area contributed by atoms with Gasteiger partial charge in [0.2, 0.25) is 0 Å². The van der Waals surface area contributed by atoms with Crippen LogP contribution in [-0.2, 0) is 0 Å². The summed E-state index contributed by atoms with van der Waals surface area (Å²) in [5, 5.41) is 27.6. The Bertz CT molecular complexity index is 888. The molecule has 0 aliphatic heterocycles. The Labute approximate surface area is 164 Å². The number of carbonyl (C=O) groups is 1. The molecule has 0 aromatic carbocycles. The molecule has 8 heteroatoms. The van der Waals surface area contributed by atoms with Gasteiger partial charge in [-0.05, 0) is 50.5 Å². The number of nitrogens with one attached hydrogen (secondary N) is 3. The molecule has 0 radical (unpaired) electrons. The van der Waals surface area contributed by atoms with Gasteiger partial charge in [-0.1, -0.05) is 12.8 Å². The SMILES string of the molecule is Cc1cc(C)nc(Nc2cc(N[C@@H]3CCCC[C@@H]3NC(=O)O)cnc2C#N)c1. The molecular formula is C20H24N6O2. The number of carboxylic acid groups (broad SMARTS) is 1. The van der Waals surface area contributed by atoms with Gasteiger partial charge in [0.25, 0.3) is 0 Å². The molecule has 28 heavy (non-hydrogen) atoms. The minimum Gasteiger partial charge on any atom is -0.465 e. The number of rotatable bonds is 5. The van der Waals surface area contributed by atoms with E-state index in [-0.39, 0.29) is 17.8 Å². The molecule has 0 spiro atoms. The Hall–Kier alpha value is -3.34. The van der Waals surface area contributed by atoms with Gasteiger partial charge in [-0.3, -0.25) is 0 Å². The zero-order chi connectivity index (χ0) is 20.1. The Balaban J connectivity index is 1.82. The molecule has 1 saturated carbocycles. The molecule has 1 aliphatic carbocycles. The van der Waals surface area contributed by atoms with Gasteiger partial charge in [0.05, 0.1) is 23.6 Å². The minimum absolute atomic E-state index is 0.0215. The number of nitriles is 1. The van der Waals surface area contributed by atoms with Crippen molar-refractivity contribution < 1.29 is 9.90 Å². The fourth-order valence-corrected chi connectivity index (χ4v) is 3.62. The Morgan fingerprint density at radius 1 is 1.21 bits per heavy atom. The zero-order valence-electron chi connectivity index (χ0n) is 16.0. The Morgan fingerprint density at radius 3 is 2.64 bits per heavy atom. The van der Waals surface area contributed by atoms with E-state index < -0.39 is 6.09 Å². The summed E-state index contributed by atoms with van der Waals surface area (Å²) in [5.74, 6) is 0.649. The molecule has 3 rings (SSSR count). The second-order valence-corrected chi connectivity index (χ2v) is 7.12. The molecule has 0 unspecified atom stereocenters. The number of anilines is 3. The number of amides is 1. The van der Waals surface area contributed by atoms with Crippen LogP contribution in [0.2, 0.25) is 0 Å². The summed E-state index contributed by atoms with van der Waals surface area (Å²) in [7, 11) is 0. The topological polar surface area (TPSA) is 123 Å². The smallest absolute Gasteiger partial charge is 0.404 e. The first-order valence-corrected chi connectivity index (χ1v) is 9.33. The summed E-state index contributed by atoms with van der Waals surface area (Å²) in [5.41, 5.74) is 3.52. The van der Waals surface area contributed by atoms with Crippen LogP contribution in [-0.4, -0.2) is 33.3 Å². The highest BCUT2D eigenvalue weighted by molar-refractivity contribution is 5.68. The zero-order valence-corrected chi connectivity index (χ0v) is 16.0. The van der Waals surface area contributed by atoms with E-state index in [1.807, 2.05) is 32.0 Å². The first-order valence-electron chi connectivity index (χ1n) is 9.33. The lowest BCUT2D eigenvalue weighted by Gasteiger charge is -2.32. The third-order valence-corrected chi connectivity index (χ3v) is 4.78. The minimum atomic E-state index is -1.01. The highest BCUT2D eigenvalue weighted by atomic mass is 16.4. The highest BCUT2D eigenvalue weighted by Crippen LogP contribution is 2.26. The maximum Gasteiger partial charge on any atom is 0.404 e. The van der Waals surface area contributed by atoms with Crippen molar-refractivity contribution in [2.75, 3.05) is 10.6 Å². The largest absolute Gasteiger partial charge is 0.465 e. The second-order valence-electron chi connectivity index (χ2n) is 7.12. The van der Waals surface area contributed by atoms with Crippen molar-refractivity contribution in [2.45, 2.75) is 51.6 Å². The quantitative estimate of drug-likeness (QED) is 0.623. The molecule has 4 N–H and O–H groups in total. The maximum absolute atomic E-state index is 11.1. The number of hydrogen-bond donors (Lipinski definition) is 4. The van der Waals surface area contributed by atoms with E-state index in [4.69, 9.17) is 5.11 Å². The van der Waals surface area contributed by atoms with E-state index in [2.05, 4.69) is 32.0 Å². The average molecular weight is 380 g/mol. The van der Waals surface area contributed by atoms with Crippen LogP contribution in [0, 0.1) is 25.2 Å². The molecule has 146 valence electrons. The predicted molar refractivity (Wildman–Crippen MR) is 107 cm³/mol. The molecule has 0 bridgehead atoms. The van der Waals surface area contributed by atoms with E-state index in [9.17, 15) is 10.1 Å². The maximum atomic E-state index is 11.1. The average Bonchev–Trinajstić information content (AvgIpc) is 2.62. The Kier molecular flexibility index (Phi) is 5.94. The van der Waals surface area contributed by atoms with Crippen LogP contribution < -0.4 is 16.0 Å². The highest BCUT2D eigenvalue weighted by Gasteiger charge is 2.26. The molecular weight excluding hydrogens is 356 g/mol. The lowest BCUT2D eigenvalue weighted by atomic mass is 9.90. The van der Waals surface area contributed by atoms with Crippen molar-refractivity contribution in [3.63, 3.8) is 0 Å². The van der Waals surface area contributed by atoms with Crippen LogP contribution in [0.5, 0.6) is 0 Å². The van der Waals surface area contributed by atoms with Crippen LogP contribution in [0.1, 0.15) is 42.6 Å². The lowest BCUT2D eigenvalue weighted by molar-refractivity contribution is 0.184. The van der Waals surface area contributed by atoms with E-state index in [0.29, 0.717) is 11.5 Å². The number of pyridine rings is 2. The molecule has 2 heterocycles. The van der Waals surface area contributed by atoms with Crippen LogP contribution >= 0.6 is 0 Å². The first kappa shape index (κ1) is 19.4. The van der Waals surface area contributed by atoms with E-state index in [1.54, 1.807) is 6.20 Å². The van der Waals surface area contributed by atoms with Crippen molar-refractivity contribution in [1.82, 2.24) is 15.3 Å². The fourth-order valence-electron chi connectivity index (χ4n) is 3.62. The van der Waals surface area contributed by atoms with Gasteiger partial charge in [0.1, 0.15) is 11.9 Å². The summed E-state index contributed by atoms with van der Waals surface area (Å²) in [6.45, 7) is 3.90. The Morgan fingerprint density at radius 2 is 1.96 bits per heavy atom. The van der Waals surface area contributed by atoms with E-state index in [1.165, 1.54) is 0 Å². The van der Waals surface area contributed by atoms with Gasteiger partial charge in [0, 0.05) is 11.7 Å². The van der Waals surface area contributed by atoms with Gasteiger partial charge in [0.15, 0.2) is 5.69 Å². The van der Waals surface area contributed by atoms with Crippen LogP contribution in [0.3, 0.4) is 0 Å². The van der Waals surface area contributed by atoms with Gasteiger partial charge in [-0.15, -0.1) is 0 Å². The summed E-state index contributed by atoms with van der Waals surface area (Å²) in [6.07, 6.45) is 4.29. The summed E-state index contributed by atoms with van der Waals surface area (Å²) in [6, 6.07) is 7.62. The van der Waals surface area contributed by atoms with Gasteiger partial charge < -0.3 is 21.1 Å². The number of aromatic nitrogens is 2. The van der Waals surface area contributed by atoms with Crippen molar-refractivity contribution in [2.24, 2.45) is 0 Å². The van der Waals surface area contributed by atoms with Gasteiger partial charge >= 0.3 is 6.09 Å². The fraction of sp³-hybridized carbons (Fsp3) is 0.400. The standard InChI is InChI=1S/C20H24N6O2/c1-12-7-13(2)23-19(8-12)25-17-9-14(11-22-18(17)10-21)24-15-5-3-4-6-16(15)26-20(27)28/h7-9,11,15-16,24,26H,3-6H2,1-2H3,(H,23,25)(H,27,28)/t15-,16+/m1/s1. The second kappa shape index (κ2) is 8.57. The van der Waals surface area contributed by atoms with Crippen LogP contribution in [0.15, 0.2) is 24.4 Å². The van der Waals surface area contributed by atoms with Crippen molar-refractivity contribution in [1.29, 1.82) is 5.26 Å². The number of nitrogens with zero attached hydrogens (tertiary/aromatic N) is 3. The number of aryl methyl sites for hydroxylation is 2. The molecule has 1 amide bonds. The predicted octanol–water partition coefficient (Wildman–Crippen LogP) is 3.70.